The van der Waals surface area contributed by atoms with E-state index in [0.29, 0.717) is 16.4 Å². The molecule has 0 saturated carbocycles. The topological polar surface area (TPSA) is 97.5 Å². The second kappa shape index (κ2) is 6.81. The third kappa shape index (κ3) is 4.00. The number of phenols is 1. The molecule has 0 fully saturated rings. The summed E-state index contributed by atoms with van der Waals surface area (Å²) in [6.07, 6.45) is 1.35. The van der Waals surface area contributed by atoms with E-state index >= 15 is 0 Å². The Balaban J connectivity index is 2.06. The SMILES string of the molecule is Cc1cc(O)ccc1NC(=O)/C(C#N)=C\NC1=NCCS1. The van der Waals surface area contributed by atoms with Gasteiger partial charge in [0.2, 0.25) is 0 Å². The van der Waals surface area contributed by atoms with E-state index in [-0.39, 0.29) is 11.3 Å². The van der Waals surface area contributed by atoms with Crippen molar-refractivity contribution in [3.8, 4) is 11.8 Å². The fourth-order valence-electron chi connectivity index (χ4n) is 1.68. The number of anilines is 1. The predicted octanol–water partition coefficient (Wildman–Crippen LogP) is 1.74. The molecule has 2 rings (SSSR count). The van der Waals surface area contributed by atoms with Crippen molar-refractivity contribution in [3.63, 3.8) is 0 Å². The van der Waals surface area contributed by atoms with Crippen molar-refractivity contribution in [2.75, 3.05) is 17.6 Å². The van der Waals surface area contributed by atoms with Gasteiger partial charge in [0, 0.05) is 17.6 Å². The van der Waals surface area contributed by atoms with Gasteiger partial charge < -0.3 is 15.7 Å². The Morgan fingerprint density at radius 1 is 1.57 bits per heavy atom. The van der Waals surface area contributed by atoms with Gasteiger partial charge in [-0.05, 0) is 30.7 Å². The van der Waals surface area contributed by atoms with Gasteiger partial charge >= 0.3 is 0 Å². The zero-order valence-corrected chi connectivity index (χ0v) is 12.2. The molecule has 0 saturated heterocycles. The lowest BCUT2D eigenvalue weighted by Gasteiger charge is -2.08. The maximum absolute atomic E-state index is 12.0. The minimum Gasteiger partial charge on any atom is -0.508 e. The number of carbonyl (C=O) groups excluding carboxylic acids is 1. The Bertz CT molecular complexity index is 661. The zero-order valence-electron chi connectivity index (χ0n) is 11.4. The molecule has 1 amide bonds. The average molecular weight is 302 g/mol. The minimum atomic E-state index is -0.512. The average Bonchev–Trinajstić information content (AvgIpc) is 2.96. The Morgan fingerprint density at radius 3 is 3.00 bits per heavy atom. The highest BCUT2D eigenvalue weighted by atomic mass is 32.2. The van der Waals surface area contributed by atoms with Crippen LogP contribution in [0.15, 0.2) is 35.0 Å². The number of rotatable bonds is 3. The predicted molar refractivity (Wildman–Crippen MR) is 83.1 cm³/mol. The van der Waals surface area contributed by atoms with Crippen LogP contribution in [0.2, 0.25) is 0 Å². The third-order valence-corrected chi connectivity index (χ3v) is 3.66. The molecular formula is C14H14N4O2S. The number of phenolic OH excluding ortho intramolecular Hbond substituents is 1. The zero-order chi connectivity index (χ0) is 15.2. The van der Waals surface area contributed by atoms with Crippen molar-refractivity contribution in [2.24, 2.45) is 4.99 Å². The van der Waals surface area contributed by atoms with Crippen LogP contribution >= 0.6 is 11.8 Å². The summed E-state index contributed by atoms with van der Waals surface area (Å²) < 4.78 is 0. The van der Waals surface area contributed by atoms with Crippen LogP contribution in [0.1, 0.15) is 5.56 Å². The lowest BCUT2D eigenvalue weighted by molar-refractivity contribution is -0.112. The molecular weight excluding hydrogens is 288 g/mol. The third-order valence-electron chi connectivity index (χ3n) is 2.75. The van der Waals surface area contributed by atoms with Gasteiger partial charge in [-0.3, -0.25) is 9.79 Å². The Kier molecular flexibility index (Phi) is 4.85. The molecule has 1 heterocycles. The number of nitrogens with one attached hydrogen (secondary N) is 2. The molecule has 0 spiro atoms. The van der Waals surface area contributed by atoms with Gasteiger partial charge in [0.05, 0.1) is 6.54 Å². The number of nitriles is 1. The highest BCUT2D eigenvalue weighted by Crippen LogP contribution is 2.20. The number of aromatic hydroxyl groups is 1. The van der Waals surface area contributed by atoms with Crippen LogP contribution in [-0.4, -0.2) is 28.5 Å². The van der Waals surface area contributed by atoms with Crippen LogP contribution in [0.3, 0.4) is 0 Å². The first-order valence-electron chi connectivity index (χ1n) is 6.25. The molecule has 21 heavy (non-hydrogen) atoms. The van der Waals surface area contributed by atoms with Gasteiger partial charge in [-0.15, -0.1) is 0 Å². The van der Waals surface area contributed by atoms with Gasteiger partial charge in [0.15, 0.2) is 5.17 Å². The summed E-state index contributed by atoms with van der Waals surface area (Å²) in [6, 6.07) is 6.44. The van der Waals surface area contributed by atoms with E-state index in [9.17, 15) is 9.90 Å². The minimum absolute atomic E-state index is 0.0438. The van der Waals surface area contributed by atoms with E-state index in [1.807, 2.05) is 6.07 Å². The van der Waals surface area contributed by atoms with Gasteiger partial charge in [-0.25, -0.2) is 0 Å². The largest absolute Gasteiger partial charge is 0.508 e. The Labute approximate surface area is 126 Å². The lowest BCUT2D eigenvalue weighted by Crippen LogP contribution is -2.19. The van der Waals surface area contributed by atoms with Crippen LogP contribution in [0.4, 0.5) is 5.69 Å². The Hall–Kier alpha value is -2.46. The summed E-state index contributed by atoms with van der Waals surface area (Å²) in [6.45, 7) is 2.49. The number of amidine groups is 1. The molecule has 6 nitrogen and oxygen atoms in total. The van der Waals surface area contributed by atoms with Gasteiger partial charge in [0.1, 0.15) is 17.4 Å². The standard InChI is InChI=1S/C14H14N4O2S/c1-9-6-11(19)2-3-12(9)18-13(20)10(7-15)8-17-14-16-4-5-21-14/h2-3,6,8,19H,4-5H2,1H3,(H,16,17)(H,18,20)/b10-8-. The number of amides is 1. The van der Waals surface area contributed by atoms with Gasteiger partial charge in [-0.1, -0.05) is 11.8 Å². The summed E-state index contributed by atoms with van der Waals surface area (Å²) >= 11 is 1.54. The van der Waals surface area contributed by atoms with Gasteiger partial charge in [0.25, 0.3) is 5.91 Å². The first-order valence-corrected chi connectivity index (χ1v) is 7.23. The van der Waals surface area contributed by atoms with E-state index in [2.05, 4.69) is 15.6 Å². The van der Waals surface area contributed by atoms with Crippen molar-refractivity contribution in [1.29, 1.82) is 5.26 Å². The summed E-state index contributed by atoms with van der Waals surface area (Å²) in [4.78, 5) is 16.2. The van der Waals surface area contributed by atoms with E-state index < -0.39 is 5.91 Å². The lowest BCUT2D eigenvalue weighted by atomic mass is 10.2. The van der Waals surface area contributed by atoms with Crippen molar-refractivity contribution >= 4 is 28.5 Å². The van der Waals surface area contributed by atoms with Crippen LogP contribution in [0.5, 0.6) is 5.75 Å². The van der Waals surface area contributed by atoms with Crippen LogP contribution in [-0.2, 0) is 4.79 Å². The number of aliphatic imine (C=N–C) groups is 1. The summed E-state index contributed by atoms with van der Waals surface area (Å²) in [5.41, 5.74) is 1.22. The molecule has 1 aliphatic rings. The molecule has 7 heteroatoms. The van der Waals surface area contributed by atoms with Crippen LogP contribution < -0.4 is 10.6 Å². The second-order valence-corrected chi connectivity index (χ2v) is 5.39. The number of hydrogen-bond donors (Lipinski definition) is 3. The highest BCUT2D eigenvalue weighted by Gasteiger charge is 2.12. The summed E-state index contributed by atoms with van der Waals surface area (Å²) in [5, 5.41) is 24.6. The van der Waals surface area contributed by atoms with Crippen molar-refractivity contribution in [3.05, 3.63) is 35.5 Å². The molecule has 1 aliphatic heterocycles. The fraction of sp³-hybridized carbons (Fsp3) is 0.214. The molecule has 0 atom stereocenters. The number of nitrogens with zero attached hydrogens (tertiary/aromatic N) is 2. The number of hydrogen-bond acceptors (Lipinski definition) is 6. The number of carbonyl (C=O) groups is 1. The number of benzene rings is 1. The van der Waals surface area contributed by atoms with Crippen molar-refractivity contribution in [2.45, 2.75) is 6.92 Å². The smallest absolute Gasteiger partial charge is 0.267 e. The van der Waals surface area contributed by atoms with Crippen molar-refractivity contribution in [1.82, 2.24) is 5.32 Å². The fourth-order valence-corrected chi connectivity index (χ4v) is 2.38. The molecule has 1 aromatic rings. The molecule has 3 N–H and O–H groups in total. The highest BCUT2D eigenvalue weighted by molar-refractivity contribution is 8.14. The molecule has 0 unspecified atom stereocenters. The normalized spacial score (nSPS) is 14.3. The summed E-state index contributed by atoms with van der Waals surface area (Å²) in [5.74, 6) is 0.513. The van der Waals surface area contributed by atoms with E-state index in [4.69, 9.17) is 5.26 Å². The Morgan fingerprint density at radius 2 is 2.38 bits per heavy atom. The molecule has 108 valence electrons. The second-order valence-electron chi connectivity index (χ2n) is 4.30. The molecule has 0 aliphatic carbocycles. The van der Waals surface area contributed by atoms with Crippen LogP contribution in [0.25, 0.3) is 0 Å². The first kappa shape index (κ1) is 14.9. The quantitative estimate of drug-likeness (QED) is 0.449. The maximum Gasteiger partial charge on any atom is 0.267 e. The molecule has 0 aromatic heterocycles. The van der Waals surface area contributed by atoms with Gasteiger partial charge in [-0.2, -0.15) is 5.26 Å². The van der Waals surface area contributed by atoms with E-state index in [1.165, 1.54) is 30.1 Å². The maximum atomic E-state index is 12.0. The summed E-state index contributed by atoms with van der Waals surface area (Å²) in [7, 11) is 0. The molecule has 1 aromatic carbocycles. The number of thioether (sulfide) groups is 1. The van der Waals surface area contributed by atoms with E-state index in [1.54, 1.807) is 13.0 Å². The number of aryl methyl sites for hydroxylation is 1. The van der Waals surface area contributed by atoms with Crippen LogP contribution in [0, 0.1) is 18.3 Å². The molecule has 0 radical (unpaired) electrons. The monoisotopic (exact) mass is 302 g/mol. The first-order chi connectivity index (χ1) is 10.1. The molecule has 0 bridgehead atoms. The van der Waals surface area contributed by atoms with Crippen molar-refractivity contribution < 1.29 is 9.90 Å². The van der Waals surface area contributed by atoms with E-state index in [0.717, 1.165) is 12.3 Å².